The number of rotatable bonds is 6. The molecule has 2 rings (SSSR count). The Labute approximate surface area is 153 Å². The van der Waals surface area contributed by atoms with Gasteiger partial charge in [0.25, 0.3) is 0 Å². The Bertz CT molecular complexity index is 769. The number of alkyl halides is 2. The highest BCUT2D eigenvalue weighted by atomic mass is 19.3. The lowest BCUT2D eigenvalue weighted by Crippen LogP contribution is -2.46. The van der Waals surface area contributed by atoms with Gasteiger partial charge in [-0.1, -0.05) is 13.8 Å². The summed E-state index contributed by atoms with van der Waals surface area (Å²) in [4.78, 5) is 38.5. The summed E-state index contributed by atoms with van der Waals surface area (Å²) in [5, 5.41) is 0. The van der Waals surface area contributed by atoms with E-state index in [2.05, 4.69) is 4.98 Å². The molecule has 150 valence electrons. The Balaban J connectivity index is 2.41. The van der Waals surface area contributed by atoms with Gasteiger partial charge in [0.1, 0.15) is 18.0 Å². The number of esters is 2. The highest BCUT2D eigenvalue weighted by Crippen LogP contribution is 2.45. The van der Waals surface area contributed by atoms with Crippen LogP contribution in [0.5, 0.6) is 0 Å². The van der Waals surface area contributed by atoms with E-state index in [-0.39, 0.29) is 18.7 Å². The van der Waals surface area contributed by atoms with Crippen molar-refractivity contribution in [2.45, 2.75) is 64.1 Å². The molecule has 9 nitrogen and oxygen atoms in total. The Kier molecular flexibility index (Phi) is 6.14. The Hall–Kier alpha value is -2.56. The summed E-state index contributed by atoms with van der Waals surface area (Å²) in [5.74, 6) is -5.45. The van der Waals surface area contributed by atoms with Gasteiger partial charge in [-0.3, -0.25) is 14.2 Å². The van der Waals surface area contributed by atoms with Gasteiger partial charge in [0.05, 0.1) is 0 Å². The van der Waals surface area contributed by atoms with Crippen molar-refractivity contribution < 1.29 is 32.6 Å². The van der Waals surface area contributed by atoms with Gasteiger partial charge in [0.2, 0.25) is 6.23 Å². The van der Waals surface area contributed by atoms with E-state index in [1.54, 1.807) is 0 Å². The summed E-state index contributed by atoms with van der Waals surface area (Å²) in [6.45, 7) is 4.32. The standard InChI is InChI=1S/C16H21F2N3O6/c1-4-10(22)25-8(3)12-13(26-11(23)5-2)16(17,18)14(27-12)21-7-6-9(19)20-15(21)24/h6-8,12-14H,4-5H2,1-3H3,(H2,19,20,24)/t8?,12-,13?,14-/m1/s1. The molecule has 1 aliphatic heterocycles. The average molecular weight is 389 g/mol. The van der Waals surface area contributed by atoms with E-state index in [0.717, 1.165) is 12.3 Å². The van der Waals surface area contributed by atoms with Crippen molar-refractivity contribution in [1.29, 1.82) is 0 Å². The van der Waals surface area contributed by atoms with Crippen molar-refractivity contribution in [1.82, 2.24) is 9.55 Å². The highest BCUT2D eigenvalue weighted by Gasteiger charge is 2.64. The van der Waals surface area contributed by atoms with Gasteiger partial charge >= 0.3 is 23.6 Å². The lowest BCUT2D eigenvalue weighted by molar-refractivity contribution is -0.178. The number of nitrogens with zero attached hydrogens (tertiary/aromatic N) is 2. The lowest BCUT2D eigenvalue weighted by Gasteiger charge is -2.26. The van der Waals surface area contributed by atoms with E-state index in [9.17, 15) is 14.4 Å². The molecule has 0 amide bonds. The molecule has 1 saturated heterocycles. The van der Waals surface area contributed by atoms with Crippen LogP contribution in [0.3, 0.4) is 0 Å². The number of halogens is 2. The zero-order valence-electron chi connectivity index (χ0n) is 15.1. The highest BCUT2D eigenvalue weighted by molar-refractivity contribution is 5.70. The number of hydrogen-bond donors (Lipinski definition) is 1. The van der Waals surface area contributed by atoms with Crippen LogP contribution in [-0.4, -0.2) is 45.7 Å². The molecule has 0 saturated carbocycles. The van der Waals surface area contributed by atoms with Crippen molar-refractivity contribution in [3.05, 3.63) is 22.7 Å². The van der Waals surface area contributed by atoms with Crippen molar-refractivity contribution in [3.63, 3.8) is 0 Å². The second kappa shape index (κ2) is 7.99. The first-order valence-corrected chi connectivity index (χ1v) is 8.38. The number of nitrogens with two attached hydrogens (primary N) is 1. The van der Waals surface area contributed by atoms with Crippen LogP contribution >= 0.6 is 0 Å². The smallest absolute Gasteiger partial charge is 0.351 e. The van der Waals surface area contributed by atoms with E-state index < -0.39 is 48.1 Å². The molecule has 1 fully saturated rings. The fraction of sp³-hybridized carbons (Fsp3) is 0.625. The van der Waals surface area contributed by atoms with E-state index >= 15 is 8.78 Å². The maximum atomic E-state index is 15.0. The minimum atomic E-state index is -3.79. The molecule has 0 aliphatic carbocycles. The molecule has 4 atom stereocenters. The predicted molar refractivity (Wildman–Crippen MR) is 87.8 cm³/mol. The van der Waals surface area contributed by atoms with Gasteiger partial charge in [0.15, 0.2) is 6.10 Å². The van der Waals surface area contributed by atoms with E-state index in [4.69, 9.17) is 19.9 Å². The first-order valence-electron chi connectivity index (χ1n) is 8.38. The van der Waals surface area contributed by atoms with Crippen LogP contribution in [0, 0.1) is 0 Å². The third-order valence-electron chi connectivity index (χ3n) is 4.01. The van der Waals surface area contributed by atoms with Crippen LogP contribution in [0.25, 0.3) is 0 Å². The summed E-state index contributed by atoms with van der Waals surface area (Å²) >= 11 is 0. The molecule has 1 aliphatic rings. The summed E-state index contributed by atoms with van der Waals surface area (Å²) in [7, 11) is 0. The largest absolute Gasteiger partial charge is 0.460 e. The van der Waals surface area contributed by atoms with Crippen LogP contribution in [-0.2, 0) is 23.8 Å². The SMILES string of the molecule is CCC(=O)OC(C)[C@H]1O[C@@H](n2ccc(N)nc2=O)C(F)(F)C1OC(=O)CC. The molecule has 2 unspecified atom stereocenters. The fourth-order valence-corrected chi connectivity index (χ4v) is 2.61. The quantitative estimate of drug-likeness (QED) is 0.716. The minimum absolute atomic E-state index is 0.0254. The van der Waals surface area contributed by atoms with Gasteiger partial charge in [0, 0.05) is 19.0 Å². The van der Waals surface area contributed by atoms with Crippen molar-refractivity contribution in [2.75, 3.05) is 5.73 Å². The Morgan fingerprint density at radius 1 is 1.37 bits per heavy atom. The van der Waals surface area contributed by atoms with Crippen LogP contribution in [0.15, 0.2) is 17.1 Å². The Morgan fingerprint density at radius 2 is 2.00 bits per heavy atom. The predicted octanol–water partition coefficient (Wildman–Crippen LogP) is 1.02. The molecule has 2 N–H and O–H groups in total. The van der Waals surface area contributed by atoms with Crippen LogP contribution in [0.2, 0.25) is 0 Å². The summed E-state index contributed by atoms with van der Waals surface area (Å²) in [5.41, 5.74) is 4.31. The third-order valence-corrected chi connectivity index (χ3v) is 4.01. The second-order valence-electron chi connectivity index (χ2n) is 5.98. The number of ether oxygens (including phenoxy) is 3. The molecular formula is C16H21F2N3O6. The lowest BCUT2D eigenvalue weighted by atomic mass is 10.0. The molecule has 1 aromatic heterocycles. The van der Waals surface area contributed by atoms with Crippen LogP contribution in [0.4, 0.5) is 14.6 Å². The van der Waals surface area contributed by atoms with Crippen molar-refractivity contribution in [2.24, 2.45) is 0 Å². The number of carbonyl (C=O) groups excluding carboxylic acids is 2. The normalized spacial score (nSPS) is 25.0. The molecule has 0 spiro atoms. The molecule has 2 heterocycles. The average Bonchev–Trinajstić information content (AvgIpc) is 2.86. The molecule has 27 heavy (non-hydrogen) atoms. The van der Waals surface area contributed by atoms with E-state index in [1.807, 2.05) is 0 Å². The number of anilines is 1. The Morgan fingerprint density at radius 3 is 2.56 bits per heavy atom. The number of hydrogen-bond acceptors (Lipinski definition) is 8. The molecule has 0 aromatic carbocycles. The number of aromatic nitrogens is 2. The minimum Gasteiger partial charge on any atom is -0.460 e. The zero-order chi connectivity index (χ0) is 20.4. The van der Waals surface area contributed by atoms with Gasteiger partial charge in [-0.05, 0) is 13.0 Å². The molecule has 1 aromatic rings. The van der Waals surface area contributed by atoms with Crippen molar-refractivity contribution >= 4 is 17.8 Å². The summed E-state index contributed by atoms with van der Waals surface area (Å²) < 4.78 is 45.8. The topological polar surface area (TPSA) is 123 Å². The van der Waals surface area contributed by atoms with Gasteiger partial charge in [-0.15, -0.1) is 0 Å². The fourth-order valence-electron chi connectivity index (χ4n) is 2.61. The maximum absolute atomic E-state index is 15.0. The third kappa shape index (κ3) is 4.24. The van der Waals surface area contributed by atoms with Crippen LogP contribution < -0.4 is 11.4 Å². The van der Waals surface area contributed by atoms with Gasteiger partial charge < -0.3 is 19.9 Å². The van der Waals surface area contributed by atoms with E-state index in [1.165, 1.54) is 20.8 Å². The van der Waals surface area contributed by atoms with Crippen LogP contribution in [0.1, 0.15) is 39.8 Å². The summed E-state index contributed by atoms with van der Waals surface area (Å²) in [6, 6.07) is 1.15. The van der Waals surface area contributed by atoms with E-state index in [0.29, 0.717) is 4.57 Å². The van der Waals surface area contributed by atoms with Gasteiger partial charge in [-0.25, -0.2) is 4.79 Å². The molecule has 0 radical (unpaired) electrons. The zero-order valence-corrected chi connectivity index (χ0v) is 15.1. The molecular weight excluding hydrogens is 368 g/mol. The number of nitrogen functional groups attached to an aromatic ring is 1. The second-order valence-corrected chi connectivity index (χ2v) is 5.98. The van der Waals surface area contributed by atoms with Gasteiger partial charge in [-0.2, -0.15) is 13.8 Å². The number of carbonyl (C=O) groups is 2. The van der Waals surface area contributed by atoms with Crippen molar-refractivity contribution in [3.8, 4) is 0 Å². The summed E-state index contributed by atoms with van der Waals surface area (Å²) in [6.07, 6.45) is -5.92. The first kappa shape index (κ1) is 20.7. The maximum Gasteiger partial charge on any atom is 0.351 e. The molecule has 11 heteroatoms. The monoisotopic (exact) mass is 389 g/mol. The first-order chi connectivity index (χ1) is 12.6. The molecule has 0 bridgehead atoms.